The van der Waals surface area contributed by atoms with E-state index in [9.17, 15) is 53.5 Å². The van der Waals surface area contributed by atoms with E-state index in [0.29, 0.717) is 0 Å². The zero-order valence-electron chi connectivity index (χ0n) is 45.7. The average molecular weight is 1220 g/mol. The molecule has 4 fully saturated rings. The van der Waals surface area contributed by atoms with E-state index in [1.807, 2.05) is 0 Å². The van der Waals surface area contributed by atoms with Gasteiger partial charge in [0.1, 0.15) is 62.0 Å². The van der Waals surface area contributed by atoms with Crippen LogP contribution in [0.15, 0.2) is 5.11 Å². The summed E-state index contributed by atoms with van der Waals surface area (Å²) in [7, 11) is 0. The maximum absolute atomic E-state index is 13.2. The fraction of sp³-hybridized carbons (Fsp3) is 0.766. The molecule has 34 heteroatoms. The van der Waals surface area contributed by atoms with Crippen LogP contribution in [0.5, 0.6) is 0 Å². The molecule has 0 aromatic carbocycles. The second kappa shape index (κ2) is 29.9. The van der Waals surface area contributed by atoms with Crippen LogP contribution in [0.4, 0.5) is 0 Å². The molecule has 1 saturated carbocycles. The molecular formula is C47H63Cl3N4O27. The first kappa shape index (κ1) is 67.6. The van der Waals surface area contributed by atoms with E-state index in [1.165, 1.54) is 13.8 Å². The Kier molecular flexibility index (Phi) is 25.0. The molecule has 8 unspecified atom stereocenters. The third-order valence-electron chi connectivity index (χ3n) is 12.1. The lowest BCUT2D eigenvalue weighted by Crippen LogP contribution is -2.68. The van der Waals surface area contributed by atoms with Crippen LogP contribution < -0.4 is 0 Å². The van der Waals surface area contributed by atoms with Gasteiger partial charge in [-0.15, -0.1) is 0 Å². The molecule has 0 amide bonds. The first-order valence-electron chi connectivity index (χ1n) is 24.7. The molecule has 0 radical (unpaired) electrons. The molecule has 0 aromatic heterocycles. The molecule has 0 bridgehead atoms. The standard InChI is InChI=1S/C47H63Cl3N4O27/c1-16-28(13-29(68-20(5)57)35(71-23(8)60)33(16)69-21(6)58)76-42-40(74-26(11)63)37(72-24(9)61)31(15-66-19(4)56)78-45(42)79-36-30(14-65-18(3)55)77-43(81-46(51)47(48,49)50)32(53-54-52)38(36)80-44-41(75-27(12)64)39(73-25(10)62)34(17(2)67-44)70-22(7)59/h16-17,28-45,51H,13-15H2,1-12H3/t16?,17?,28-,29?,30?,31?,32?,33-,34-,35-,36-,37+,38-,39?,40+,41-,42-,43?,44+,45+/m1/s1. The first-order chi connectivity index (χ1) is 37.7. The quantitative estimate of drug-likeness (QED) is 0.0267. The lowest BCUT2D eigenvalue weighted by atomic mass is 9.80. The van der Waals surface area contributed by atoms with Gasteiger partial charge in [0, 0.05) is 86.5 Å². The minimum atomic E-state index is -2.64. The molecule has 3 saturated heterocycles. The van der Waals surface area contributed by atoms with Crippen LogP contribution in [0.1, 0.15) is 89.5 Å². The maximum Gasteiger partial charge on any atom is 0.303 e. The maximum atomic E-state index is 13.2. The molecule has 81 heavy (non-hydrogen) atoms. The second-order valence-corrected chi connectivity index (χ2v) is 20.9. The van der Waals surface area contributed by atoms with Gasteiger partial charge in [-0.25, -0.2) is 0 Å². The summed E-state index contributed by atoms with van der Waals surface area (Å²) in [6, 6.07) is -2.03. The van der Waals surface area contributed by atoms with Crippen molar-refractivity contribution < 1.29 is 128 Å². The molecule has 20 atom stereocenters. The molecule has 454 valence electrons. The van der Waals surface area contributed by atoms with Gasteiger partial charge in [-0.3, -0.25) is 53.4 Å². The molecule has 1 N–H and O–H groups in total. The van der Waals surface area contributed by atoms with E-state index in [-0.39, 0.29) is 0 Å². The molecule has 4 rings (SSSR count). The Balaban J connectivity index is 2.10. The summed E-state index contributed by atoms with van der Waals surface area (Å²) in [5.41, 5.74) is 10.2. The van der Waals surface area contributed by atoms with Gasteiger partial charge in [0.25, 0.3) is 3.79 Å². The number of rotatable bonds is 20. The number of hydrogen-bond donors (Lipinski definition) is 1. The molecule has 4 aliphatic rings. The second-order valence-electron chi connectivity index (χ2n) is 18.6. The molecule has 3 aliphatic heterocycles. The van der Waals surface area contributed by atoms with E-state index in [1.54, 1.807) is 0 Å². The highest BCUT2D eigenvalue weighted by atomic mass is 35.6. The Morgan fingerprint density at radius 3 is 1.36 bits per heavy atom. The smallest absolute Gasteiger partial charge is 0.303 e. The summed E-state index contributed by atoms with van der Waals surface area (Å²) in [6.07, 6.45) is -32.0. The van der Waals surface area contributed by atoms with Gasteiger partial charge in [-0.05, 0) is 12.5 Å². The molecule has 1 aliphatic carbocycles. The Morgan fingerprint density at radius 1 is 0.469 bits per heavy atom. The van der Waals surface area contributed by atoms with E-state index in [0.717, 1.165) is 69.2 Å². The number of nitrogens with one attached hydrogen (secondary N) is 1. The van der Waals surface area contributed by atoms with Crippen molar-refractivity contribution in [2.75, 3.05) is 13.2 Å². The Bertz CT molecular complexity index is 2390. The number of ether oxygens (including phenoxy) is 17. The predicted octanol–water partition coefficient (Wildman–Crippen LogP) is 2.37. The van der Waals surface area contributed by atoms with Crippen molar-refractivity contribution in [1.29, 1.82) is 5.41 Å². The third kappa shape index (κ3) is 19.4. The van der Waals surface area contributed by atoms with Crippen molar-refractivity contribution in [3.8, 4) is 0 Å². The summed E-state index contributed by atoms with van der Waals surface area (Å²) in [6.45, 7) is 11.2. The fourth-order valence-electron chi connectivity index (χ4n) is 9.23. The summed E-state index contributed by atoms with van der Waals surface area (Å²) in [5.74, 6) is -11.7. The van der Waals surface area contributed by atoms with E-state index in [4.69, 9.17) is 121 Å². The molecule has 0 aromatic rings. The number of hydrogen-bond acceptors (Lipinski definition) is 29. The fourth-order valence-corrected chi connectivity index (χ4v) is 9.37. The number of alkyl halides is 3. The van der Waals surface area contributed by atoms with E-state index >= 15 is 0 Å². The lowest BCUT2D eigenvalue weighted by molar-refractivity contribution is -0.375. The summed E-state index contributed by atoms with van der Waals surface area (Å²) in [4.78, 5) is 130. The van der Waals surface area contributed by atoms with Crippen molar-refractivity contribution in [3.05, 3.63) is 10.4 Å². The van der Waals surface area contributed by atoms with Gasteiger partial charge in [0.05, 0.1) is 12.2 Å². The summed E-state index contributed by atoms with van der Waals surface area (Å²) >= 11 is 18.0. The number of carbonyl (C=O) groups is 10. The van der Waals surface area contributed by atoms with Crippen molar-refractivity contribution >= 4 is 100 Å². The first-order valence-corrected chi connectivity index (χ1v) is 25.8. The number of nitrogens with zero attached hydrogens (tertiary/aromatic N) is 3. The van der Waals surface area contributed by atoms with Gasteiger partial charge >= 0.3 is 59.7 Å². The summed E-state index contributed by atoms with van der Waals surface area (Å²) in [5, 5.41) is 12.3. The molecule has 0 spiro atoms. The van der Waals surface area contributed by atoms with Crippen LogP contribution in [-0.2, 0) is 128 Å². The Hall–Kier alpha value is -5.89. The number of halogens is 3. The van der Waals surface area contributed by atoms with Gasteiger partial charge in [0.2, 0.25) is 12.2 Å². The van der Waals surface area contributed by atoms with Crippen LogP contribution in [0.2, 0.25) is 0 Å². The highest BCUT2D eigenvalue weighted by Crippen LogP contribution is 2.42. The van der Waals surface area contributed by atoms with Gasteiger partial charge in [-0.1, -0.05) is 46.8 Å². The molecular weight excluding hydrogens is 1160 g/mol. The van der Waals surface area contributed by atoms with Crippen molar-refractivity contribution in [3.63, 3.8) is 0 Å². The van der Waals surface area contributed by atoms with Crippen LogP contribution in [-0.4, -0.2) is 199 Å². The SMILES string of the molecule is CC(=O)OCC1OC(OC(=N)C(Cl)(Cl)Cl)C(N=[N+]=[N-])[C@@H](O[C@@H]2OC(C)[C@@H](OC(C)=O)C(OC(C)=O)[C@H]2OC(C)=O)[C@@H]1O[C@@H]1OC(COC(C)=O)[C@H](OC(C)=O)[C@H](OC(C)=O)[C@H]1O[C@@H]1CC(OC(C)=O)[C@@H](OC(C)=O)[C@H](OC(C)=O)C1C. The molecule has 31 nitrogen and oxygen atoms in total. The van der Waals surface area contributed by atoms with E-state index in [2.05, 4.69) is 10.0 Å². The van der Waals surface area contributed by atoms with Gasteiger partial charge in [0.15, 0.2) is 49.2 Å². The molecule has 3 heterocycles. The van der Waals surface area contributed by atoms with Crippen molar-refractivity contribution in [2.24, 2.45) is 11.0 Å². The van der Waals surface area contributed by atoms with Crippen LogP contribution in [0.25, 0.3) is 10.4 Å². The van der Waals surface area contributed by atoms with Gasteiger partial charge < -0.3 is 80.5 Å². The zero-order chi connectivity index (χ0) is 61.0. The highest BCUT2D eigenvalue weighted by molar-refractivity contribution is 6.76. The number of esters is 10. The lowest BCUT2D eigenvalue weighted by Gasteiger charge is -2.51. The third-order valence-corrected chi connectivity index (χ3v) is 12.6. The number of azide groups is 1. The minimum Gasteiger partial charge on any atom is -0.463 e. The highest BCUT2D eigenvalue weighted by Gasteiger charge is 2.60. The van der Waals surface area contributed by atoms with Crippen LogP contribution in [0.3, 0.4) is 0 Å². The van der Waals surface area contributed by atoms with E-state index < -0.39 is 211 Å². The predicted molar refractivity (Wildman–Crippen MR) is 264 cm³/mol. The average Bonchev–Trinajstić information content (AvgIpc) is 3.36. The Labute approximate surface area is 477 Å². The monoisotopic (exact) mass is 1220 g/mol. The van der Waals surface area contributed by atoms with Gasteiger partial charge in [-0.2, -0.15) is 0 Å². The zero-order valence-corrected chi connectivity index (χ0v) is 47.9. The largest absolute Gasteiger partial charge is 0.463 e. The van der Waals surface area contributed by atoms with Crippen molar-refractivity contribution in [1.82, 2.24) is 0 Å². The topological polar surface area (TPSA) is 400 Å². The van der Waals surface area contributed by atoms with Crippen molar-refractivity contribution in [2.45, 2.75) is 210 Å². The minimum absolute atomic E-state index is 0.394. The Morgan fingerprint density at radius 2 is 0.877 bits per heavy atom. The normalized spacial score (nSPS) is 33.7. The van der Waals surface area contributed by atoms with Crippen LogP contribution >= 0.6 is 34.8 Å². The summed E-state index contributed by atoms with van der Waals surface area (Å²) < 4.78 is 97.7. The van der Waals surface area contributed by atoms with Crippen LogP contribution in [0, 0.1) is 11.3 Å². The number of carbonyl (C=O) groups excluding carboxylic acids is 10.